The van der Waals surface area contributed by atoms with Crippen LogP contribution in [0.4, 0.5) is 0 Å². The van der Waals surface area contributed by atoms with Crippen molar-refractivity contribution in [1.29, 1.82) is 0 Å². The van der Waals surface area contributed by atoms with E-state index in [1.54, 1.807) is 12.3 Å². The van der Waals surface area contributed by atoms with Crippen LogP contribution < -0.4 is 0 Å². The van der Waals surface area contributed by atoms with Gasteiger partial charge in [0.15, 0.2) is 0 Å². The van der Waals surface area contributed by atoms with Gasteiger partial charge in [-0.1, -0.05) is 18.2 Å². The van der Waals surface area contributed by atoms with E-state index in [-0.39, 0.29) is 5.69 Å². The summed E-state index contributed by atoms with van der Waals surface area (Å²) in [5.74, 6) is -0.924. The first-order chi connectivity index (χ1) is 5.79. The average Bonchev–Trinajstić information content (AvgIpc) is 2.49. The number of fused-ring (bicyclic) bond motifs is 1. The van der Waals surface area contributed by atoms with Crippen molar-refractivity contribution in [2.45, 2.75) is 0 Å². The molecule has 0 amide bonds. The molecule has 2 N–H and O–H groups in total. The summed E-state index contributed by atoms with van der Waals surface area (Å²) in [6.45, 7) is 0. The molecule has 0 aromatic carbocycles. The summed E-state index contributed by atoms with van der Waals surface area (Å²) >= 11 is 0. The topological polar surface area (TPSA) is 53.1 Å². The molecule has 3 heteroatoms. The molecule has 0 radical (unpaired) electrons. The van der Waals surface area contributed by atoms with E-state index in [0.29, 0.717) is 0 Å². The van der Waals surface area contributed by atoms with Gasteiger partial charge in [-0.25, -0.2) is 4.79 Å². The van der Waals surface area contributed by atoms with Gasteiger partial charge in [0.25, 0.3) is 0 Å². The van der Waals surface area contributed by atoms with Crippen LogP contribution in [0.1, 0.15) is 10.5 Å². The number of nitrogens with one attached hydrogen (secondary N) is 1. The van der Waals surface area contributed by atoms with Crippen molar-refractivity contribution in [2.75, 3.05) is 0 Å². The van der Waals surface area contributed by atoms with Crippen LogP contribution in [0.5, 0.6) is 0 Å². The maximum absolute atomic E-state index is 10.7. The molecule has 0 unspecified atom stereocenters. The summed E-state index contributed by atoms with van der Waals surface area (Å²) in [5.41, 5.74) is 1.95. The van der Waals surface area contributed by atoms with Crippen LogP contribution >= 0.6 is 0 Å². The number of carbonyl (C=O) groups is 1. The van der Waals surface area contributed by atoms with Gasteiger partial charge in [0.1, 0.15) is 5.69 Å². The molecule has 0 saturated heterocycles. The summed E-state index contributed by atoms with van der Waals surface area (Å²) < 4.78 is 0. The van der Waals surface area contributed by atoms with Crippen LogP contribution in [0.3, 0.4) is 0 Å². The van der Waals surface area contributed by atoms with E-state index >= 15 is 0 Å². The van der Waals surface area contributed by atoms with E-state index in [9.17, 15) is 4.79 Å². The Labute approximate surface area is 69.0 Å². The van der Waals surface area contributed by atoms with Crippen LogP contribution in [-0.4, -0.2) is 16.1 Å². The van der Waals surface area contributed by atoms with Crippen molar-refractivity contribution in [3.8, 4) is 11.1 Å². The number of pyridine rings is 1. The fourth-order valence-electron chi connectivity index (χ4n) is 1.28. The second-order valence-corrected chi connectivity index (χ2v) is 2.55. The van der Waals surface area contributed by atoms with Gasteiger partial charge in [-0.2, -0.15) is 0 Å². The second-order valence-electron chi connectivity index (χ2n) is 2.55. The number of H-pyrrole nitrogens is 1. The minimum atomic E-state index is -0.924. The zero-order valence-corrected chi connectivity index (χ0v) is 6.24. The Morgan fingerprint density at radius 3 is 2.92 bits per heavy atom. The molecule has 2 aliphatic rings. The van der Waals surface area contributed by atoms with Crippen molar-refractivity contribution in [2.24, 2.45) is 0 Å². The zero-order valence-electron chi connectivity index (χ0n) is 6.24. The predicted octanol–water partition coefficient (Wildman–Crippen LogP) is 1.82. The third-order valence-electron chi connectivity index (χ3n) is 1.82. The summed E-state index contributed by atoms with van der Waals surface area (Å²) in [5, 5.41) is 8.77. The van der Waals surface area contributed by atoms with Gasteiger partial charge in [0.2, 0.25) is 0 Å². The molecule has 60 valence electrons. The Morgan fingerprint density at radius 1 is 1.33 bits per heavy atom. The summed E-state index contributed by atoms with van der Waals surface area (Å²) in [7, 11) is 0. The second kappa shape index (κ2) is 2.37. The van der Waals surface area contributed by atoms with E-state index in [2.05, 4.69) is 4.98 Å². The third kappa shape index (κ3) is 0.871. The fraction of sp³-hybridized carbons (Fsp3) is 0. The Hall–Kier alpha value is -1.77. The van der Waals surface area contributed by atoms with E-state index in [4.69, 9.17) is 5.11 Å². The Bertz CT molecular complexity index is 392. The third-order valence-corrected chi connectivity index (χ3v) is 1.82. The number of hydrogen-bond acceptors (Lipinski definition) is 1. The standard InChI is InChI=1S/C9H7NO2/c11-9(12)8-7-3-1-2-6(7)4-5-10-8/h1-5,10H,(H,11,12). The van der Waals surface area contributed by atoms with Crippen molar-refractivity contribution in [3.63, 3.8) is 0 Å². The maximum atomic E-state index is 10.7. The SMILES string of the molecule is O=C(O)c1[nH]ccc2cccc1-2. The average molecular weight is 161 g/mol. The van der Waals surface area contributed by atoms with Crippen LogP contribution in [0.2, 0.25) is 0 Å². The lowest BCUT2D eigenvalue weighted by Crippen LogP contribution is -2.01. The van der Waals surface area contributed by atoms with Gasteiger partial charge < -0.3 is 10.1 Å². The molecule has 2 rings (SSSR count). The first-order valence-electron chi connectivity index (χ1n) is 3.58. The predicted molar refractivity (Wildman–Crippen MR) is 44.4 cm³/mol. The lowest BCUT2D eigenvalue weighted by Gasteiger charge is -2.02. The zero-order chi connectivity index (χ0) is 8.55. The van der Waals surface area contributed by atoms with Gasteiger partial charge in [-0.3, -0.25) is 0 Å². The largest absolute Gasteiger partial charge is 0.477 e. The fourth-order valence-corrected chi connectivity index (χ4v) is 1.28. The van der Waals surface area contributed by atoms with E-state index < -0.39 is 5.97 Å². The first-order valence-corrected chi connectivity index (χ1v) is 3.58. The van der Waals surface area contributed by atoms with Crippen LogP contribution in [0, 0.1) is 0 Å². The molecule has 1 heterocycles. The molecule has 0 saturated carbocycles. The van der Waals surface area contributed by atoms with Gasteiger partial charge in [0.05, 0.1) is 0 Å². The van der Waals surface area contributed by atoms with Crippen molar-refractivity contribution in [3.05, 3.63) is 36.2 Å². The molecular formula is C9H7NO2. The monoisotopic (exact) mass is 161 g/mol. The highest BCUT2D eigenvalue weighted by molar-refractivity contribution is 5.94. The lowest BCUT2D eigenvalue weighted by atomic mass is 10.1. The highest BCUT2D eigenvalue weighted by Gasteiger charge is 2.12. The number of aromatic carboxylic acids is 1. The number of carboxylic acids is 1. The highest BCUT2D eigenvalue weighted by Crippen LogP contribution is 2.24. The summed E-state index contributed by atoms with van der Waals surface area (Å²) in [6, 6.07) is 7.36. The van der Waals surface area contributed by atoms with Gasteiger partial charge in [0, 0.05) is 11.8 Å². The molecule has 0 fully saturated rings. The molecule has 3 nitrogen and oxygen atoms in total. The number of aromatic amines is 1. The van der Waals surface area contributed by atoms with E-state index in [1.165, 1.54) is 0 Å². The Balaban J connectivity index is 2.71. The summed E-state index contributed by atoms with van der Waals surface area (Å²) in [4.78, 5) is 13.4. The molecule has 0 aromatic rings. The van der Waals surface area contributed by atoms with Crippen molar-refractivity contribution >= 4 is 5.97 Å². The molecule has 0 aromatic heterocycles. The molecule has 1 aliphatic carbocycles. The Kier molecular flexibility index (Phi) is 1.37. The highest BCUT2D eigenvalue weighted by atomic mass is 16.4. The van der Waals surface area contributed by atoms with E-state index in [0.717, 1.165) is 11.1 Å². The van der Waals surface area contributed by atoms with Crippen molar-refractivity contribution in [1.82, 2.24) is 4.98 Å². The lowest BCUT2D eigenvalue weighted by molar-refractivity contribution is 0.0691. The number of hydrogen-bond donors (Lipinski definition) is 2. The number of aromatic nitrogens is 1. The Morgan fingerprint density at radius 2 is 2.17 bits per heavy atom. The molecule has 12 heavy (non-hydrogen) atoms. The minimum absolute atomic E-state index is 0.248. The summed E-state index contributed by atoms with van der Waals surface area (Å²) in [6.07, 6.45) is 1.63. The number of rotatable bonds is 1. The first kappa shape index (κ1) is 6.91. The smallest absolute Gasteiger partial charge is 0.352 e. The van der Waals surface area contributed by atoms with Gasteiger partial charge in [-0.15, -0.1) is 0 Å². The van der Waals surface area contributed by atoms with Gasteiger partial charge in [-0.05, 0) is 11.6 Å². The molecule has 0 atom stereocenters. The molecule has 0 bridgehead atoms. The molecule has 1 aliphatic heterocycles. The van der Waals surface area contributed by atoms with Crippen LogP contribution in [-0.2, 0) is 0 Å². The van der Waals surface area contributed by atoms with E-state index in [1.807, 2.05) is 18.2 Å². The maximum Gasteiger partial charge on any atom is 0.352 e. The van der Waals surface area contributed by atoms with Crippen molar-refractivity contribution < 1.29 is 9.90 Å². The number of carboxylic acid groups (broad SMARTS) is 1. The van der Waals surface area contributed by atoms with Crippen LogP contribution in [0.15, 0.2) is 30.5 Å². The quantitative estimate of drug-likeness (QED) is 0.670. The van der Waals surface area contributed by atoms with Gasteiger partial charge >= 0.3 is 5.97 Å². The minimum Gasteiger partial charge on any atom is -0.477 e. The molecule has 0 spiro atoms. The van der Waals surface area contributed by atoms with Crippen LogP contribution in [0.25, 0.3) is 11.1 Å². The molecular weight excluding hydrogens is 154 g/mol. The normalized spacial score (nSPS) is 10.3.